The van der Waals surface area contributed by atoms with Crippen LogP contribution in [0.1, 0.15) is 32.8 Å². The van der Waals surface area contributed by atoms with Crippen molar-refractivity contribution in [2.75, 3.05) is 6.79 Å². The van der Waals surface area contributed by atoms with Crippen LogP contribution in [-0.2, 0) is 20.8 Å². The summed E-state index contributed by atoms with van der Waals surface area (Å²) in [4.78, 5) is 16.0. The van der Waals surface area contributed by atoms with Crippen molar-refractivity contribution in [1.29, 1.82) is 0 Å². The molecule has 0 fully saturated rings. The normalized spacial score (nSPS) is 13.1. The number of ether oxygens (including phenoxy) is 1. The van der Waals surface area contributed by atoms with E-state index in [1.54, 1.807) is 18.2 Å². The lowest BCUT2D eigenvalue weighted by atomic mass is 10.0. The first-order chi connectivity index (χ1) is 9.78. The van der Waals surface area contributed by atoms with Gasteiger partial charge in [0, 0.05) is 6.04 Å². The van der Waals surface area contributed by atoms with Crippen molar-refractivity contribution < 1.29 is 23.9 Å². The van der Waals surface area contributed by atoms with Crippen molar-refractivity contribution in [3.8, 4) is 0 Å². The van der Waals surface area contributed by atoms with Gasteiger partial charge in [0.1, 0.15) is 5.82 Å². The molecule has 1 aromatic carbocycles. The molecule has 0 aliphatic carbocycles. The highest BCUT2D eigenvalue weighted by molar-refractivity contribution is 5.67. The van der Waals surface area contributed by atoms with Crippen LogP contribution in [0.15, 0.2) is 24.3 Å². The zero-order valence-electron chi connectivity index (χ0n) is 12.6. The number of hydroxylamine groups is 1. The molecule has 0 bridgehead atoms. The highest BCUT2D eigenvalue weighted by Gasteiger charge is 2.17. The fourth-order valence-corrected chi connectivity index (χ4v) is 1.65. The van der Waals surface area contributed by atoms with Crippen LogP contribution in [-0.4, -0.2) is 29.5 Å². The molecule has 0 unspecified atom stereocenters. The van der Waals surface area contributed by atoms with Crippen LogP contribution >= 0.6 is 0 Å². The molecule has 0 spiro atoms. The molecule has 6 heteroatoms. The van der Waals surface area contributed by atoms with E-state index in [1.165, 1.54) is 6.07 Å². The van der Waals surface area contributed by atoms with Crippen LogP contribution in [0, 0.1) is 5.82 Å². The topological polar surface area (TPSA) is 67.8 Å². The Labute approximate surface area is 124 Å². The van der Waals surface area contributed by atoms with E-state index >= 15 is 0 Å². The second-order valence-corrected chi connectivity index (χ2v) is 5.73. The highest BCUT2D eigenvalue weighted by Crippen LogP contribution is 2.11. The first-order valence-corrected chi connectivity index (χ1v) is 6.74. The third-order valence-electron chi connectivity index (χ3n) is 2.65. The van der Waals surface area contributed by atoms with Gasteiger partial charge in [-0.3, -0.25) is 9.63 Å². The molecule has 2 N–H and O–H groups in total. The van der Waals surface area contributed by atoms with E-state index in [4.69, 9.17) is 14.7 Å². The molecular formula is C15H22FNO4. The van der Waals surface area contributed by atoms with Crippen molar-refractivity contribution >= 4 is 5.97 Å². The summed E-state index contributed by atoms with van der Waals surface area (Å²) in [6, 6.07) is 5.73. The van der Waals surface area contributed by atoms with Crippen molar-refractivity contribution in [3.63, 3.8) is 0 Å². The number of carboxylic acid groups (broad SMARTS) is 1. The van der Waals surface area contributed by atoms with Gasteiger partial charge < -0.3 is 9.84 Å². The van der Waals surface area contributed by atoms with Crippen LogP contribution in [0.5, 0.6) is 0 Å². The summed E-state index contributed by atoms with van der Waals surface area (Å²) in [6.07, 6.45) is 0.0400. The monoisotopic (exact) mass is 299 g/mol. The van der Waals surface area contributed by atoms with Crippen LogP contribution in [0.2, 0.25) is 0 Å². The molecule has 0 amide bonds. The molecule has 21 heavy (non-hydrogen) atoms. The van der Waals surface area contributed by atoms with Crippen LogP contribution in [0.25, 0.3) is 0 Å². The molecule has 5 nitrogen and oxygen atoms in total. The zero-order chi connectivity index (χ0) is 15.9. The Hall–Kier alpha value is -1.50. The van der Waals surface area contributed by atoms with E-state index in [-0.39, 0.29) is 31.1 Å². The summed E-state index contributed by atoms with van der Waals surface area (Å²) < 4.78 is 18.9. The molecule has 1 atom stereocenters. The Kier molecular flexibility index (Phi) is 6.74. The minimum Gasteiger partial charge on any atom is -0.481 e. The highest BCUT2D eigenvalue weighted by atomic mass is 19.1. The van der Waals surface area contributed by atoms with Crippen molar-refractivity contribution in [2.45, 2.75) is 45.3 Å². The lowest BCUT2D eigenvalue weighted by molar-refractivity contribution is -0.161. The van der Waals surface area contributed by atoms with Gasteiger partial charge in [0.05, 0.1) is 12.0 Å². The van der Waals surface area contributed by atoms with Crippen LogP contribution in [0.3, 0.4) is 0 Å². The van der Waals surface area contributed by atoms with Gasteiger partial charge in [0.15, 0.2) is 6.79 Å². The molecule has 0 heterocycles. The molecule has 0 aromatic heterocycles. The third-order valence-corrected chi connectivity index (χ3v) is 2.65. The van der Waals surface area contributed by atoms with E-state index in [2.05, 4.69) is 5.48 Å². The summed E-state index contributed by atoms with van der Waals surface area (Å²) >= 11 is 0. The molecule has 0 saturated heterocycles. The largest absolute Gasteiger partial charge is 0.481 e. The van der Waals surface area contributed by atoms with Gasteiger partial charge in [-0.25, -0.2) is 4.39 Å². The van der Waals surface area contributed by atoms with Crippen LogP contribution in [0.4, 0.5) is 4.39 Å². The average Bonchev–Trinajstić information content (AvgIpc) is 2.35. The minimum atomic E-state index is -0.982. The lowest BCUT2D eigenvalue weighted by Gasteiger charge is -2.21. The van der Waals surface area contributed by atoms with Crippen molar-refractivity contribution in [2.24, 2.45) is 0 Å². The quantitative estimate of drug-likeness (QED) is 0.438. The van der Waals surface area contributed by atoms with E-state index in [9.17, 15) is 9.18 Å². The molecular weight excluding hydrogens is 277 g/mol. The number of nitrogens with one attached hydrogen (secondary N) is 1. The first-order valence-electron chi connectivity index (χ1n) is 6.74. The van der Waals surface area contributed by atoms with E-state index < -0.39 is 12.0 Å². The SMILES string of the molecule is CC(C)(C)OCON[C@@H](CC(=O)O)Cc1ccccc1F. The molecule has 118 valence electrons. The zero-order valence-corrected chi connectivity index (χ0v) is 12.6. The molecule has 1 rings (SSSR count). The van der Waals surface area contributed by atoms with E-state index in [0.29, 0.717) is 5.56 Å². The van der Waals surface area contributed by atoms with E-state index in [0.717, 1.165) is 0 Å². The fraction of sp³-hybridized carbons (Fsp3) is 0.533. The summed E-state index contributed by atoms with van der Waals surface area (Å²) in [5.74, 6) is -1.34. The molecule has 0 aliphatic heterocycles. The minimum absolute atomic E-state index is 0.0170. The lowest BCUT2D eigenvalue weighted by Crippen LogP contribution is -2.35. The molecule has 0 radical (unpaired) electrons. The number of hydrogen-bond acceptors (Lipinski definition) is 4. The predicted octanol–water partition coefficient (Wildman–Crippen LogP) is 2.51. The Balaban J connectivity index is 2.52. The smallest absolute Gasteiger partial charge is 0.305 e. The van der Waals surface area contributed by atoms with Gasteiger partial charge in [-0.1, -0.05) is 18.2 Å². The summed E-state index contributed by atoms with van der Waals surface area (Å²) in [7, 11) is 0. The third kappa shape index (κ3) is 7.75. The molecule has 1 aromatic rings. The summed E-state index contributed by atoms with van der Waals surface area (Å²) in [5, 5.41) is 8.90. The first kappa shape index (κ1) is 17.6. The molecule has 0 aliphatic rings. The fourth-order valence-electron chi connectivity index (χ4n) is 1.65. The molecule has 0 saturated carbocycles. The Bertz CT molecular complexity index is 459. The number of aliphatic carboxylic acids is 1. The Morgan fingerprint density at radius 2 is 2.05 bits per heavy atom. The van der Waals surface area contributed by atoms with Gasteiger partial charge in [0.25, 0.3) is 0 Å². The second kappa shape index (κ2) is 8.07. The standard InChI is InChI=1S/C15H22FNO4/c1-15(2,3)20-10-21-17-12(9-14(18)19)8-11-6-4-5-7-13(11)16/h4-7,12,17H,8-10H2,1-3H3,(H,18,19)/t12-/m1/s1. The number of carboxylic acids is 1. The maximum Gasteiger partial charge on any atom is 0.305 e. The maximum absolute atomic E-state index is 13.6. The van der Waals surface area contributed by atoms with Gasteiger partial charge in [-0.05, 0) is 38.8 Å². The maximum atomic E-state index is 13.6. The van der Waals surface area contributed by atoms with Gasteiger partial charge in [-0.15, -0.1) is 0 Å². The number of benzene rings is 1. The number of rotatable bonds is 8. The number of hydrogen-bond donors (Lipinski definition) is 2. The summed E-state index contributed by atoms with van der Waals surface area (Å²) in [5.41, 5.74) is 2.72. The predicted molar refractivity (Wildman–Crippen MR) is 76.1 cm³/mol. The van der Waals surface area contributed by atoms with Crippen molar-refractivity contribution in [1.82, 2.24) is 5.48 Å². The van der Waals surface area contributed by atoms with Gasteiger partial charge in [0.2, 0.25) is 0 Å². The van der Waals surface area contributed by atoms with Gasteiger partial charge >= 0.3 is 5.97 Å². The van der Waals surface area contributed by atoms with Gasteiger partial charge in [-0.2, -0.15) is 5.48 Å². The van der Waals surface area contributed by atoms with Crippen molar-refractivity contribution in [3.05, 3.63) is 35.6 Å². The Morgan fingerprint density at radius 3 is 2.62 bits per heavy atom. The number of halogens is 1. The van der Waals surface area contributed by atoms with E-state index in [1.807, 2.05) is 20.8 Å². The average molecular weight is 299 g/mol. The van der Waals surface area contributed by atoms with Crippen LogP contribution < -0.4 is 5.48 Å². The Morgan fingerprint density at radius 1 is 1.38 bits per heavy atom. The second-order valence-electron chi connectivity index (χ2n) is 5.73. The summed E-state index contributed by atoms with van der Waals surface area (Å²) in [6.45, 7) is 5.62. The number of carbonyl (C=O) groups is 1.